The number of pyridine rings is 1. The second-order valence-corrected chi connectivity index (χ2v) is 6.64. The van der Waals surface area contributed by atoms with Gasteiger partial charge in [-0.3, -0.25) is 14.1 Å². The molecule has 0 bridgehead atoms. The summed E-state index contributed by atoms with van der Waals surface area (Å²) in [5, 5.41) is 8.15. The fourth-order valence-corrected chi connectivity index (χ4v) is 3.21. The van der Waals surface area contributed by atoms with E-state index in [2.05, 4.69) is 27.0 Å². The van der Waals surface area contributed by atoms with Crippen molar-refractivity contribution >= 4 is 5.65 Å². The molecule has 0 fully saturated rings. The standard InChI is InChI=1S/C20H21N5O3/c1-3-9-24(13-18-22-23-20(28-18)16-7-5-10-27-16)12-15-11-19(26)25-14(2)6-4-8-17(25)21-15/h4-8,10-11H,3,9,12-13H2,1-2H3. The molecule has 4 aromatic rings. The Morgan fingerprint density at radius 1 is 1.14 bits per heavy atom. The first-order valence-electron chi connectivity index (χ1n) is 9.21. The molecule has 0 unspecified atom stereocenters. The topological polar surface area (TPSA) is 89.7 Å². The maximum absolute atomic E-state index is 12.5. The van der Waals surface area contributed by atoms with Crippen LogP contribution in [0.15, 0.2) is 56.3 Å². The average Bonchev–Trinajstić information content (AvgIpc) is 3.33. The van der Waals surface area contributed by atoms with Crippen LogP contribution < -0.4 is 5.56 Å². The number of fused-ring (bicyclic) bond motifs is 1. The second-order valence-electron chi connectivity index (χ2n) is 6.64. The summed E-state index contributed by atoms with van der Waals surface area (Å²) in [4.78, 5) is 19.3. The predicted molar refractivity (Wildman–Crippen MR) is 103 cm³/mol. The molecule has 0 aliphatic rings. The molecule has 8 heteroatoms. The number of furan rings is 1. The summed E-state index contributed by atoms with van der Waals surface area (Å²) in [7, 11) is 0. The highest BCUT2D eigenvalue weighted by Crippen LogP contribution is 2.19. The molecule has 0 N–H and O–H groups in total. The lowest BCUT2D eigenvalue weighted by Crippen LogP contribution is -2.26. The minimum absolute atomic E-state index is 0.0764. The Labute approximate surface area is 161 Å². The summed E-state index contributed by atoms with van der Waals surface area (Å²) >= 11 is 0. The highest BCUT2D eigenvalue weighted by Gasteiger charge is 2.15. The zero-order chi connectivity index (χ0) is 19.5. The molecule has 0 aromatic carbocycles. The summed E-state index contributed by atoms with van der Waals surface area (Å²) in [6.45, 7) is 5.79. The monoisotopic (exact) mass is 379 g/mol. The van der Waals surface area contributed by atoms with E-state index >= 15 is 0 Å². The molecule has 0 aliphatic carbocycles. The molecule has 0 radical (unpaired) electrons. The van der Waals surface area contributed by atoms with Gasteiger partial charge in [-0.2, -0.15) is 0 Å². The molecule has 0 amide bonds. The number of nitrogens with zero attached hydrogens (tertiary/aromatic N) is 5. The van der Waals surface area contributed by atoms with Crippen LogP contribution in [0.5, 0.6) is 0 Å². The van der Waals surface area contributed by atoms with Gasteiger partial charge in [-0.05, 0) is 44.2 Å². The van der Waals surface area contributed by atoms with E-state index in [4.69, 9.17) is 8.83 Å². The molecular weight excluding hydrogens is 358 g/mol. The van der Waals surface area contributed by atoms with Crippen LogP contribution in [-0.4, -0.2) is 31.0 Å². The molecule has 0 spiro atoms. The van der Waals surface area contributed by atoms with Crippen LogP contribution in [-0.2, 0) is 13.1 Å². The van der Waals surface area contributed by atoms with E-state index in [0.717, 1.165) is 24.4 Å². The van der Waals surface area contributed by atoms with Crippen LogP contribution >= 0.6 is 0 Å². The van der Waals surface area contributed by atoms with Gasteiger partial charge in [0.05, 0.1) is 18.5 Å². The highest BCUT2D eigenvalue weighted by atomic mass is 16.4. The van der Waals surface area contributed by atoms with E-state index in [1.54, 1.807) is 28.9 Å². The van der Waals surface area contributed by atoms with Crippen molar-refractivity contribution < 1.29 is 8.83 Å². The second kappa shape index (κ2) is 7.77. The van der Waals surface area contributed by atoms with E-state index in [1.807, 2.05) is 25.1 Å². The van der Waals surface area contributed by atoms with E-state index in [1.165, 1.54) is 0 Å². The first kappa shape index (κ1) is 18.1. The van der Waals surface area contributed by atoms with E-state index < -0.39 is 0 Å². The molecule has 4 heterocycles. The lowest BCUT2D eigenvalue weighted by molar-refractivity contribution is 0.229. The van der Waals surface area contributed by atoms with Crippen molar-refractivity contribution in [3.8, 4) is 11.7 Å². The van der Waals surface area contributed by atoms with Crippen molar-refractivity contribution in [2.24, 2.45) is 0 Å². The molecule has 4 aromatic heterocycles. The van der Waals surface area contributed by atoms with Crippen molar-refractivity contribution in [1.82, 2.24) is 24.5 Å². The van der Waals surface area contributed by atoms with Gasteiger partial charge in [0.25, 0.3) is 11.4 Å². The van der Waals surface area contributed by atoms with Crippen LogP contribution in [0.3, 0.4) is 0 Å². The highest BCUT2D eigenvalue weighted by molar-refractivity contribution is 5.42. The van der Waals surface area contributed by atoms with Gasteiger partial charge in [0.1, 0.15) is 5.65 Å². The molecule has 8 nitrogen and oxygen atoms in total. The lowest BCUT2D eigenvalue weighted by Gasteiger charge is -2.19. The van der Waals surface area contributed by atoms with Crippen molar-refractivity contribution in [3.63, 3.8) is 0 Å². The molecular formula is C20H21N5O3. The summed E-state index contributed by atoms with van der Waals surface area (Å²) in [5.74, 6) is 1.39. The fourth-order valence-electron chi connectivity index (χ4n) is 3.21. The van der Waals surface area contributed by atoms with Gasteiger partial charge in [0.15, 0.2) is 5.76 Å². The number of aromatic nitrogens is 4. The SMILES string of the molecule is CCCN(Cc1cc(=O)n2c(C)cccc2n1)Cc1nnc(-c2ccco2)o1. The zero-order valence-corrected chi connectivity index (χ0v) is 15.8. The molecule has 0 saturated heterocycles. The van der Waals surface area contributed by atoms with Gasteiger partial charge >= 0.3 is 0 Å². The Bertz CT molecular complexity index is 1130. The van der Waals surface area contributed by atoms with Gasteiger partial charge in [0, 0.05) is 18.3 Å². The first-order valence-corrected chi connectivity index (χ1v) is 9.21. The van der Waals surface area contributed by atoms with Gasteiger partial charge < -0.3 is 8.83 Å². The molecule has 144 valence electrons. The van der Waals surface area contributed by atoms with E-state index in [9.17, 15) is 4.79 Å². The molecule has 4 rings (SSSR count). The van der Waals surface area contributed by atoms with Crippen molar-refractivity contribution in [1.29, 1.82) is 0 Å². The maximum atomic E-state index is 12.5. The van der Waals surface area contributed by atoms with E-state index in [-0.39, 0.29) is 5.56 Å². The van der Waals surface area contributed by atoms with Crippen LogP contribution in [0, 0.1) is 6.92 Å². The molecule has 28 heavy (non-hydrogen) atoms. The summed E-state index contributed by atoms with van der Waals surface area (Å²) in [6.07, 6.45) is 2.51. The first-order chi connectivity index (χ1) is 13.6. The number of aryl methyl sites for hydroxylation is 1. The van der Waals surface area contributed by atoms with Crippen molar-refractivity contribution in [2.45, 2.75) is 33.4 Å². The summed E-state index contributed by atoms with van der Waals surface area (Å²) in [6, 6.07) is 10.8. The van der Waals surface area contributed by atoms with Gasteiger partial charge in [-0.15, -0.1) is 10.2 Å². The lowest BCUT2D eigenvalue weighted by atomic mass is 10.3. The van der Waals surface area contributed by atoms with Crippen LogP contribution in [0.25, 0.3) is 17.3 Å². The minimum atomic E-state index is -0.0764. The van der Waals surface area contributed by atoms with Gasteiger partial charge in [0.2, 0.25) is 5.89 Å². The fraction of sp³-hybridized carbons (Fsp3) is 0.300. The normalized spacial score (nSPS) is 11.5. The number of hydrogen-bond acceptors (Lipinski definition) is 7. The number of rotatable bonds is 7. The van der Waals surface area contributed by atoms with Crippen LogP contribution in [0.2, 0.25) is 0 Å². The zero-order valence-electron chi connectivity index (χ0n) is 15.8. The molecule has 0 atom stereocenters. The quantitative estimate of drug-likeness (QED) is 0.487. The van der Waals surface area contributed by atoms with Crippen LogP contribution in [0.1, 0.15) is 30.6 Å². The Morgan fingerprint density at radius 3 is 2.82 bits per heavy atom. The predicted octanol–water partition coefficient (Wildman–Crippen LogP) is 3.06. The smallest absolute Gasteiger partial charge is 0.283 e. The van der Waals surface area contributed by atoms with E-state index in [0.29, 0.717) is 36.3 Å². The van der Waals surface area contributed by atoms with Crippen molar-refractivity contribution in [3.05, 3.63) is 70.3 Å². The molecule has 0 aliphatic heterocycles. The summed E-state index contributed by atoms with van der Waals surface area (Å²) in [5.41, 5.74) is 2.15. The molecule has 0 saturated carbocycles. The minimum Gasteiger partial charge on any atom is -0.459 e. The van der Waals surface area contributed by atoms with Gasteiger partial charge in [-0.25, -0.2) is 4.98 Å². The number of hydrogen-bond donors (Lipinski definition) is 0. The Kier molecular flexibility index (Phi) is 5.03. The third-order valence-electron chi connectivity index (χ3n) is 4.42. The largest absolute Gasteiger partial charge is 0.459 e. The third kappa shape index (κ3) is 3.72. The summed E-state index contributed by atoms with van der Waals surface area (Å²) < 4.78 is 12.6. The van der Waals surface area contributed by atoms with Crippen molar-refractivity contribution in [2.75, 3.05) is 6.54 Å². The van der Waals surface area contributed by atoms with Crippen LogP contribution in [0.4, 0.5) is 0 Å². The average molecular weight is 379 g/mol. The Balaban J connectivity index is 1.56. The third-order valence-corrected chi connectivity index (χ3v) is 4.42. The Morgan fingerprint density at radius 2 is 2.04 bits per heavy atom. The maximum Gasteiger partial charge on any atom is 0.283 e. The van der Waals surface area contributed by atoms with Gasteiger partial charge in [-0.1, -0.05) is 13.0 Å². The Hall–Kier alpha value is -3.26.